The Bertz CT molecular complexity index is 1160. The number of alkyl halides is 1. The molecule has 0 saturated carbocycles. The van der Waals surface area contributed by atoms with Crippen LogP contribution >= 0.6 is 0 Å². The molecule has 1 fully saturated rings. The minimum absolute atomic E-state index is 0.0240. The minimum atomic E-state index is -1.42. The van der Waals surface area contributed by atoms with Gasteiger partial charge >= 0.3 is 0 Å². The lowest BCUT2D eigenvalue weighted by molar-refractivity contribution is 0.102. The van der Waals surface area contributed by atoms with Gasteiger partial charge in [0, 0.05) is 42.5 Å². The summed E-state index contributed by atoms with van der Waals surface area (Å²) in [4.78, 5) is 19.1. The second-order valence-corrected chi connectivity index (χ2v) is 8.52. The first-order chi connectivity index (χ1) is 15.1. The molecular weight excluding hydrogens is 419 g/mol. The predicted octanol–water partition coefficient (Wildman–Crippen LogP) is 4.99. The number of pyridine rings is 1. The van der Waals surface area contributed by atoms with Gasteiger partial charge in [0.1, 0.15) is 17.3 Å². The third kappa shape index (κ3) is 4.32. The maximum Gasteiger partial charge on any atom is 0.258 e. The molecule has 1 unspecified atom stereocenters. The summed E-state index contributed by atoms with van der Waals surface area (Å²) in [6, 6.07) is 4.67. The standard InChI is InChI=1S/C23H24F3N5O/c1-14(2)31-12-15(11-28-31)22(32)29-20-17(18-10-16(24)4-5-19(18)25)6-8-27-21(20)30-9-7-23(3,26)13-30/h4-6,8,10-12,14H,7,9,13H2,1-3H3,(H,29,32). The summed E-state index contributed by atoms with van der Waals surface area (Å²) in [7, 11) is 0. The van der Waals surface area contributed by atoms with Gasteiger partial charge in [-0.2, -0.15) is 5.10 Å². The molecule has 2 aromatic heterocycles. The number of nitrogens with one attached hydrogen (secondary N) is 1. The quantitative estimate of drug-likeness (QED) is 0.603. The first-order valence-electron chi connectivity index (χ1n) is 10.4. The highest BCUT2D eigenvalue weighted by Crippen LogP contribution is 2.39. The van der Waals surface area contributed by atoms with Gasteiger partial charge in [0.2, 0.25) is 0 Å². The molecule has 3 heterocycles. The van der Waals surface area contributed by atoms with Crippen LogP contribution < -0.4 is 10.2 Å². The normalized spacial score (nSPS) is 18.4. The Morgan fingerprint density at radius 3 is 2.66 bits per heavy atom. The van der Waals surface area contributed by atoms with Crippen LogP contribution in [0.5, 0.6) is 0 Å². The second-order valence-electron chi connectivity index (χ2n) is 8.52. The first kappa shape index (κ1) is 21.9. The molecule has 0 aliphatic carbocycles. The number of hydrogen-bond acceptors (Lipinski definition) is 4. The van der Waals surface area contributed by atoms with E-state index in [1.165, 1.54) is 25.4 Å². The van der Waals surface area contributed by atoms with Crippen molar-refractivity contribution in [1.82, 2.24) is 14.8 Å². The minimum Gasteiger partial charge on any atom is -0.352 e. The summed E-state index contributed by atoms with van der Waals surface area (Å²) in [5, 5.41) is 6.96. The number of nitrogens with zero attached hydrogens (tertiary/aromatic N) is 4. The molecule has 6 nitrogen and oxygen atoms in total. The molecule has 3 aromatic rings. The number of carbonyl (C=O) groups excluding carboxylic acids is 1. The monoisotopic (exact) mass is 443 g/mol. The lowest BCUT2D eigenvalue weighted by Crippen LogP contribution is -2.28. The summed E-state index contributed by atoms with van der Waals surface area (Å²) < 4.78 is 44.8. The van der Waals surface area contributed by atoms with Gasteiger partial charge in [0.15, 0.2) is 5.82 Å². The summed E-state index contributed by atoms with van der Waals surface area (Å²) in [5.41, 5.74) is -0.692. The molecule has 1 atom stereocenters. The molecule has 1 N–H and O–H groups in total. The first-order valence-corrected chi connectivity index (χ1v) is 10.4. The molecule has 1 aliphatic heterocycles. The van der Waals surface area contributed by atoms with Gasteiger partial charge in [0.25, 0.3) is 5.91 Å². The van der Waals surface area contributed by atoms with E-state index in [0.29, 0.717) is 24.3 Å². The number of benzene rings is 1. The van der Waals surface area contributed by atoms with Gasteiger partial charge in [0.05, 0.1) is 24.0 Å². The maximum absolute atomic E-state index is 14.6. The van der Waals surface area contributed by atoms with Crippen LogP contribution in [-0.4, -0.2) is 39.4 Å². The van der Waals surface area contributed by atoms with Crippen LogP contribution in [0.2, 0.25) is 0 Å². The molecule has 0 spiro atoms. The fraction of sp³-hybridized carbons (Fsp3) is 0.348. The number of hydrogen-bond donors (Lipinski definition) is 1. The average Bonchev–Trinajstić information content (AvgIpc) is 3.37. The fourth-order valence-corrected chi connectivity index (χ4v) is 3.77. The van der Waals surface area contributed by atoms with E-state index in [-0.39, 0.29) is 29.4 Å². The fourth-order valence-electron chi connectivity index (χ4n) is 3.77. The van der Waals surface area contributed by atoms with Crippen molar-refractivity contribution < 1.29 is 18.0 Å². The largest absolute Gasteiger partial charge is 0.352 e. The van der Waals surface area contributed by atoms with Crippen LogP contribution in [0.15, 0.2) is 42.9 Å². The van der Waals surface area contributed by atoms with Crippen molar-refractivity contribution in [2.24, 2.45) is 0 Å². The van der Waals surface area contributed by atoms with E-state index < -0.39 is 23.2 Å². The SMILES string of the molecule is CC(C)n1cc(C(=O)Nc2c(-c3cc(F)ccc3F)ccnc2N2CCC(C)(F)C2)cn1. The van der Waals surface area contributed by atoms with Crippen LogP contribution in [0.1, 0.15) is 43.6 Å². The van der Waals surface area contributed by atoms with Crippen LogP contribution in [0, 0.1) is 11.6 Å². The Hall–Kier alpha value is -3.36. The number of halogens is 3. The third-order valence-corrected chi connectivity index (χ3v) is 5.50. The van der Waals surface area contributed by atoms with Crippen LogP contribution in [0.4, 0.5) is 24.7 Å². The van der Waals surface area contributed by atoms with E-state index in [1.54, 1.807) is 15.8 Å². The van der Waals surface area contributed by atoms with E-state index in [9.17, 15) is 18.0 Å². The van der Waals surface area contributed by atoms with Crippen molar-refractivity contribution in [3.8, 4) is 11.1 Å². The highest BCUT2D eigenvalue weighted by Gasteiger charge is 2.36. The summed E-state index contributed by atoms with van der Waals surface area (Å²) >= 11 is 0. The zero-order valence-corrected chi connectivity index (χ0v) is 18.1. The molecule has 0 radical (unpaired) electrons. The summed E-state index contributed by atoms with van der Waals surface area (Å²) in [5.74, 6) is -1.44. The molecule has 4 rings (SSSR count). The average molecular weight is 443 g/mol. The van der Waals surface area contributed by atoms with Crippen molar-refractivity contribution >= 4 is 17.4 Å². The molecule has 0 bridgehead atoms. The molecule has 1 saturated heterocycles. The van der Waals surface area contributed by atoms with E-state index in [1.807, 2.05) is 13.8 Å². The van der Waals surface area contributed by atoms with E-state index in [2.05, 4.69) is 15.4 Å². The molecule has 1 aromatic carbocycles. The second kappa shape index (κ2) is 8.29. The number of aromatic nitrogens is 3. The van der Waals surface area contributed by atoms with Gasteiger partial charge in [-0.1, -0.05) is 0 Å². The van der Waals surface area contributed by atoms with Crippen molar-refractivity contribution in [1.29, 1.82) is 0 Å². The van der Waals surface area contributed by atoms with Crippen LogP contribution in [0.25, 0.3) is 11.1 Å². The number of anilines is 2. The number of rotatable bonds is 5. The van der Waals surface area contributed by atoms with Crippen molar-refractivity contribution in [2.75, 3.05) is 23.3 Å². The van der Waals surface area contributed by atoms with Crippen molar-refractivity contribution in [3.05, 3.63) is 60.1 Å². The zero-order chi connectivity index (χ0) is 23.0. The van der Waals surface area contributed by atoms with Gasteiger partial charge in [-0.05, 0) is 45.0 Å². The molecule has 1 aliphatic rings. The molecule has 32 heavy (non-hydrogen) atoms. The number of carbonyl (C=O) groups is 1. The summed E-state index contributed by atoms with van der Waals surface area (Å²) in [6.07, 6.45) is 4.77. The summed E-state index contributed by atoms with van der Waals surface area (Å²) in [6.45, 7) is 5.81. The van der Waals surface area contributed by atoms with Gasteiger partial charge in [-0.15, -0.1) is 0 Å². The number of amides is 1. The third-order valence-electron chi connectivity index (χ3n) is 5.50. The Kier molecular flexibility index (Phi) is 5.66. The van der Waals surface area contributed by atoms with Crippen LogP contribution in [0.3, 0.4) is 0 Å². The smallest absolute Gasteiger partial charge is 0.258 e. The topological polar surface area (TPSA) is 63.1 Å². The lowest BCUT2D eigenvalue weighted by atomic mass is 10.0. The lowest BCUT2D eigenvalue weighted by Gasteiger charge is -2.23. The Morgan fingerprint density at radius 2 is 2.00 bits per heavy atom. The van der Waals surface area contributed by atoms with Crippen LogP contribution in [-0.2, 0) is 0 Å². The van der Waals surface area contributed by atoms with E-state index in [4.69, 9.17) is 0 Å². The van der Waals surface area contributed by atoms with Gasteiger partial charge in [-0.3, -0.25) is 9.48 Å². The Balaban J connectivity index is 1.79. The Labute approximate surface area is 184 Å². The van der Waals surface area contributed by atoms with Crippen molar-refractivity contribution in [3.63, 3.8) is 0 Å². The van der Waals surface area contributed by atoms with E-state index >= 15 is 0 Å². The highest BCUT2D eigenvalue weighted by molar-refractivity contribution is 6.08. The van der Waals surface area contributed by atoms with Gasteiger partial charge < -0.3 is 10.2 Å². The molecular formula is C23H24F3N5O. The Morgan fingerprint density at radius 1 is 1.22 bits per heavy atom. The van der Waals surface area contributed by atoms with Crippen molar-refractivity contribution in [2.45, 2.75) is 38.9 Å². The maximum atomic E-state index is 14.6. The highest BCUT2D eigenvalue weighted by atomic mass is 19.1. The van der Waals surface area contributed by atoms with E-state index in [0.717, 1.165) is 18.2 Å². The molecule has 1 amide bonds. The predicted molar refractivity (Wildman–Crippen MR) is 116 cm³/mol. The zero-order valence-electron chi connectivity index (χ0n) is 18.1. The molecule has 168 valence electrons. The van der Waals surface area contributed by atoms with Gasteiger partial charge in [-0.25, -0.2) is 18.2 Å². The molecule has 9 heteroatoms.